The number of benzene rings is 1. The highest BCUT2D eigenvalue weighted by Gasteiger charge is 2.26. The summed E-state index contributed by atoms with van der Waals surface area (Å²) >= 11 is 3.42. The quantitative estimate of drug-likeness (QED) is 0.688. The lowest BCUT2D eigenvalue weighted by Crippen LogP contribution is -2.37. The molecule has 1 aromatic carbocycles. The van der Waals surface area contributed by atoms with E-state index >= 15 is 0 Å². The minimum atomic E-state index is 0.0521. The molecule has 3 nitrogen and oxygen atoms in total. The van der Waals surface area contributed by atoms with E-state index in [2.05, 4.69) is 15.9 Å². The minimum absolute atomic E-state index is 0.0521. The van der Waals surface area contributed by atoms with Gasteiger partial charge in [0.2, 0.25) is 5.91 Å². The number of amides is 1. The fourth-order valence-corrected chi connectivity index (χ4v) is 3.27. The average Bonchev–Trinajstić information content (AvgIpc) is 3.25. The Morgan fingerprint density at radius 1 is 1.22 bits per heavy atom. The predicted octanol–water partition coefficient (Wildman–Crippen LogP) is 5.03. The van der Waals surface area contributed by atoms with Crippen LogP contribution in [0.25, 0.3) is 6.08 Å². The Balaban J connectivity index is 1.72. The summed E-state index contributed by atoms with van der Waals surface area (Å²) in [4.78, 5) is 14.6. The summed E-state index contributed by atoms with van der Waals surface area (Å²) in [5, 5.41) is 0. The Labute approximate surface area is 145 Å². The molecular weight excluding hydrogens is 354 g/mol. The molecule has 0 saturated heterocycles. The third-order valence-electron chi connectivity index (χ3n) is 4.24. The molecule has 1 saturated carbocycles. The topological polar surface area (TPSA) is 33.5 Å². The molecule has 3 rings (SSSR count). The van der Waals surface area contributed by atoms with Gasteiger partial charge in [-0.3, -0.25) is 4.79 Å². The number of halogens is 1. The molecule has 1 fully saturated rings. The number of nitrogens with zero attached hydrogens (tertiary/aromatic N) is 1. The molecular formula is C19H20BrNO2. The van der Waals surface area contributed by atoms with Crippen molar-refractivity contribution in [2.45, 2.75) is 38.3 Å². The fourth-order valence-electron chi connectivity index (χ4n) is 3.01. The summed E-state index contributed by atoms with van der Waals surface area (Å²) in [5.74, 6) is 0.888. The van der Waals surface area contributed by atoms with Crippen molar-refractivity contribution in [1.29, 1.82) is 0 Å². The number of hydrogen-bond acceptors (Lipinski definition) is 2. The zero-order valence-corrected chi connectivity index (χ0v) is 14.5. The van der Waals surface area contributed by atoms with Crippen molar-refractivity contribution < 1.29 is 9.21 Å². The molecule has 1 aromatic heterocycles. The number of hydrogen-bond donors (Lipinski definition) is 0. The Hall–Kier alpha value is -1.81. The number of carbonyl (C=O) groups excluding carboxylic acids is 1. The fraction of sp³-hybridized carbons (Fsp3) is 0.316. The summed E-state index contributed by atoms with van der Waals surface area (Å²) in [7, 11) is 0. The first-order chi connectivity index (χ1) is 11.2. The van der Waals surface area contributed by atoms with Gasteiger partial charge in [0, 0.05) is 16.6 Å². The highest BCUT2D eigenvalue weighted by Crippen LogP contribution is 2.25. The van der Waals surface area contributed by atoms with Gasteiger partial charge < -0.3 is 9.32 Å². The van der Waals surface area contributed by atoms with Gasteiger partial charge in [0.1, 0.15) is 5.76 Å². The molecule has 1 heterocycles. The van der Waals surface area contributed by atoms with Crippen LogP contribution in [0, 0.1) is 0 Å². The van der Waals surface area contributed by atoms with E-state index in [1.165, 1.54) is 12.8 Å². The largest absolute Gasteiger partial charge is 0.467 e. The first-order valence-corrected chi connectivity index (χ1v) is 8.78. The number of carbonyl (C=O) groups is 1. The monoisotopic (exact) mass is 373 g/mol. The molecule has 23 heavy (non-hydrogen) atoms. The summed E-state index contributed by atoms with van der Waals surface area (Å²) in [6.07, 6.45) is 9.76. The molecule has 0 spiro atoms. The Morgan fingerprint density at radius 3 is 2.61 bits per heavy atom. The highest BCUT2D eigenvalue weighted by atomic mass is 79.9. The van der Waals surface area contributed by atoms with Crippen molar-refractivity contribution in [2.24, 2.45) is 0 Å². The van der Waals surface area contributed by atoms with Gasteiger partial charge >= 0.3 is 0 Å². The highest BCUT2D eigenvalue weighted by molar-refractivity contribution is 9.10. The van der Waals surface area contributed by atoms with E-state index in [0.717, 1.165) is 28.6 Å². The smallest absolute Gasteiger partial charge is 0.247 e. The van der Waals surface area contributed by atoms with Crippen LogP contribution in [0.5, 0.6) is 0 Å². The van der Waals surface area contributed by atoms with Gasteiger partial charge in [-0.2, -0.15) is 0 Å². The normalized spacial score (nSPS) is 15.3. The summed E-state index contributed by atoms with van der Waals surface area (Å²) < 4.78 is 6.46. The van der Waals surface area contributed by atoms with Gasteiger partial charge in [0.25, 0.3) is 0 Å². The molecule has 120 valence electrons. The van der Waals surface area contributed by atoms with E-state index < -0.39 is 0 Å². The second kappa shape index (κ2) is 7.64. The van der Waals surface area contributed by atoms with Crippen molar-refractivity contribution >= 4 is 27.9 Å². The van der Waals surface area contributed by atoms with E-state index in [0.29, 0.717) is 12.6 Å². The van der Waals surface area contributed by atoms with Crippen molar-refractivity contribution in [1.82, 2.24) is 4.90 Å². The second-order valence-corrected chi connectivity index (χ2v) is 6.78. The summed E-state index contributed by atoms with van der Waals surface area (Å²) in [6.45, 7) is 0.543. The Bertz CT molecular complexity index is 655. The van der Waals surface area contributed by atoms with Crippen LogP contribution in [-0.2, 0) is 11.3 Å². The van der Waals surface area contributed by atoms with E-state index in [1.54, 1.807) is 12.3 Å². The van der Waals surface area contributed by atoms with Crippen molar-refractivity contribution in [2.75, 3.05) is 0 Å². The SMILES string of the molecule is O=C(C=Cc1ccc(Br)cc1)N(Cc1ccco1)C1CCCC1. The summed E-state index contributed by atoms with van der Waals surface area (Å²) in [5.41, 5.74) is 1.02. The molecule has 4 heteroatoms. The molecule has 0 atom stereocenters. The molecule has 0 bridgehead atoms. The van der Waals surface area contributed by atoms with Crippen molar-refractivity contribution in [3.63, 3.8) is 0 Å². The van der Waals surface area contributed by atoms with Crippen LogP contribution in [-0.4, -0.2) is 16.8 Å². The second-order valence-electron chi connectivity index (χ2n) is 5.87. The zero-order valence-electron chi connectivity index (χ0n) is 13.0. The van der Waals surface area contributed by atoms with Gasteiger partial charge in [-0.15, -0.1) is 0 Å². The van der Waals surface area contributed by atoms with Crippen LogP contribution in [0.15, 0.2) is 57.6 Å². The first kappa shape index (κ1) is 16.1. The van der Waals surface area contributed by atoms with Crippen LogP contribution < -0.4 is 0 Å². The molecule has 0 N–H and O–H groups in total. The van der Waals surface area contributed by atoms with Crippen LogP contribution in [0.3, 0.4) is 0 Å². The number of rotatable bonds is 5. The van der Waals surface area contributed by atoms with Crippen LogP contribution in [0.1, 0.15) is 37.0 Å². The summed E-state index contributed by atoms with van der Waals surface area (Å²) in [6, 6.07) is 12.0. The Kier molecular flexibility index (Phi) is 5.34. The molecule has 1 amide bonds. The third kappa shape index (κ3) is 4.35. The molecule has 0 radical (unpaired) electrons. The van der Waals surface area contributed by atoms with E-state index in [-0.39, 0.29) is 5.91 Å². The average molecular weight is 374 g/mol. The maximum absolute atomic E-state index is 12.7. The van der Waals surface area contributed by atoms with Gasteiger partial charge in [-0.05, 0) is 48.7 Å². The van der Waals surface area contributed by atoms with Gasteiger partial charge in [0.15, 0.2) is 0 Å². The first-order valence-electron chi connectivity index (χ1n) is 7.99. The predicted molar refractivity (Wildman–Crippen MR) is 94.7 cm³/mol. The molecule has 1 aliphatic rings. The standard InChI is InChI=1S/C19H20BrNO2/c20-16-10-7-15(8-11-16)9-12-19(22)21(17-4-1-2-5-17)14-18-6-3-13-23-18/h3,6-13,17H,1-2,4-5,14H2. The zero-order chi connectivity index (χ0) is 16.1. The maximum atomic E-state index is 12.7. The van der Waals surface area contributed by atoms with E-state index in [9.17, 15) is 4.79 Å². The van der Waals surface area contributed by atoms with Crippen LogP contribution >= 0.6 is 15.9 Å². The Morgan fingerprint density at radius 2 is 1.96 bits per heavy atom. The van der Waals surface area contributed by atoms with Gasteiger partial charge in [-0.25, -0.2) is 0 Å². The van der Waals surface area contributed by atoms with E-state index in [1.807, 2.05) is 47.4 Å². The number of furan rings is 1. The molecule has 0 unspecified atom stereocenters. The van der Waals surface area contributed by atoms with E-state index in [4.69, 9.17) is 4.42 Å². The van der Waals surface area contributed by atoms with Crippen molar-refractivity contribution in [3.8, 4) is 0 Å². The molecule has 1 aliphatic carbocycles. The molecule has 2 aromatic rings. The van der Waals surface area contributed by atoms with Crippen LogP contribution in [0.4, 0.5) is 0 Å². The lowest BCUT2D eigenvalue weighted by molar-refractivity contribution is -0.129. The van der Waals surface area contributed by atoms with Crippen molar-refractivity contribution in [3.05, 3.63) is 64.5 Å². The lowest BCUT2D eigenvalue weighted by atomic mass is 10.1. The third-order valence-corrected chi connectivity index (χ3v) is 4.77. The van der Waals surface area contributed by atoms with Gasteiger partial charge in [-0.1, -0.05) is 40.9 Å². The van der Waals surface area contributed by atoms with Gasteiger partial charge in [0.05, 0.1) is 12.8 Å². The lowest BCUT2D eigenvalue weighted by Gasteiger charge is -2.27. The van der Waals surface area contributed by atoms with Crippen LogP contribution in [0.2, 0.25) is 0 Å². The molecule has 0 aliphatic heterocycles. The minimum Gasteiger partial charge on any atom is -0.467 e. The maximum Gasteiger partial charge on any atom is 0.247 e.